The molecule has 3 rings (SSSR count). The lowest BCUT2D eigenvalue weighted by atomic mass is 10.1. The zero-order valence-electron chi connectivity index (χ0n) is 13.0. The Morgan fingerprint density at radius 1 is 1.16 bits per heavy atom. The number of aromatic nitrogens is 1. The summed E-state index contributed by atoms with van der Waals surface area (Å²) in [7, 11) is 0. The van der Waals surface area contributed by atoms with Crippen LogP contribution < -0.4 is 10.6 Å². The minimum atomic E-state index is -0.485. The fraction of sp³-hybridized carbons (Fsp3) is 0.0625. The van der Waals surface area contributed by atoms with Gasteiger partial charge in [-0.2, -0.15) is 0 Å². The molecule has 2 aromatic carbocycles. The van der Waals surface area contributed by atoms with Gasteiger partial charge in [0.1, 0.15) is 0 Å². The van der Waals surface area contributed by atoms with Crippen molar-refractivity contribution in [1.29, 1.82) is 0 Å². The van der Waals surface area contributed by atoms with E-state index in [0.717, 1.165) is 11.3 Å². The molecule has 0 spiro atoms. The van der Waals surface area contributed by atoms with Gasteiger partial charge in [0.05, 0.1) is 26.4 Å². The number of amides is 2. The summed E-state index contributed by atoms with van der Waals surface area (Å²) in [5.41, 5.74) is 1.21. The van der Waals surface area contributed by atoms with Crippen LogP contribution in [0.1, 0.15) is 17.3 Å². The largest absolute Gasteiger partial charge is 0.326 e. The van der Waals surface area contributed by atoms with Gasteiger partial charge in [-0.1, -0.05) is 23.5 Å². The third-order valence-corrected chi connectivity index (χ3v) is 4.22. The number of nitro groups is 1. The van der Waals surface area contributed by atoms with Crippen molar-refractivity contribution in [2.45, 2.75) is 6.92 Å². The third-order valence-electron chi connectivity index (χ3n) is 3.29. The highest BCUT2D eigenvalue weighted by atomic mass is 32.1. The van der Waals surface area contributed by atoms with E-state index in [4.69, 9.17) is 0 Å². The lowest BCUT2D eigenvalue weighted by Crippen LogP contribution is -2.16. The van der Waals surface area contributed by atoms with Crippen LogP contribution >= 0.6 is 11.3 Å². The monoisotopic (exact) mass is 356 g/mol. The number of anilines is 2. The number of rotatable bonds is 4. The number of non-ortho nitro benzene ring substituents is 1. The molecule has 1 aromatic heterocycles. The number of nitrogens with zero attached hydrogens (tertiary/aromatic N) is 2. The number of thiazole rings is 1. The molecule has 2 amide bonds. The summed E-state index contributed by atoms with van der Waals surface area (Å²) in [5.74, 6) is -0.717. The van der Waals surface area contributed by atoms with Gasteiger partial charge >= 0.3 is 0 Å². The minimum Gasteiger partial charge on any atom is -0.326 e. The summed E-state index contributed by atoms with van der Waals surface area (Å²) in [6, 6.07) is 10.9. The normalized spacial score (nSPS) is 10.4. The quantitative estimate of drug-likeness (QED) is 0.549. The van der Waals surface area contributed by atoms with Gasteiger partial charge < -0.3 is 5.32 Å². The van der Waals surface area contributed by atoms with E-state index in [9.17, 15) is 19.7 Å². The number of nitrogens with one attached hydrogen (secondary N) is 2. The Balaban J connectivity index is 1.87. The summed E-state index contributed by atoms with van der Waals surface area (Å²) >= 11 is 1.14. The fourth-order valence-electron chi connectivity index (χ4n) is 2.22. The van der Waals surface area contributed by atoms with E-state index >= 15 is 0 Å². The first kappa shape index (κ1) is 16.5. The molecule has 25 heavy (non-hydrogen) atoms. The first-order chi connectivity index (χ1) is 11.9. The molecule has 0 aliphatic heterocycles. The van der Waals surface area contributed by atoms with Gasteiger partial charge in [-0.25, -0.2) is 4.98 Å². The molecule has 0 aliphatic rings. The zero-order valence-corrected chi connectivity index (χ0v) is 13.8. The lowest BCUT2D eigenvalue weighted by Gasteiger charge is -2.08. The second kappa shape index (κ2) is 6.65. The molecule has 0 saturated carbocycles. The molecule has 2 N–H and O–H groups in total. The van der Waals surface area contributed by atoms with E-state index < -0.39 is 10.8 Å². The van der Waals surface area contributed by atoms with Gasteiger partial charge in [-0.15, -0.1) is 0 Å². The maximum atomic E-state index is 12.5. The first-order valence-corrected chi connectivity index (χ1v) is 7.98. The van der Waals surface area contributed by atoms with Crippen molar-refractivity contribution in [1.82, 2.24) is 4.98 Å². The molecule has 0 radical (unpaired) electrons. The molecule has 8 nitrogen and oxygen atoms in total. The highest BCUT2D eigenvalue weighted by molar-refractivity contribution is 7.22. The van der Waals surface area contributed by atoms with Crippen LogP contribution in [-0.2, 0) is 4.79 Å². The van der Waals surface area contributed by atoms with Crippen LogP contribution in [0.15, 0.2) is 42.5 Å². The van der Waals surface area contributed by atoms with E-state index in [1.807, 2.05) is 0 Å². The maximum absolute atomic E-state index is 12.5. The number of carbonyl (C=O) groups excluding carboxylic acids is 2. The van der Waals surface area contributed by atoms with Crippen LogP contribution in [0.5, 0.6) is 0 Å². The summed E-state index contributed by atoms with van der Waals surface area (Å²) < 4.78 is 0.597. The van der Waals surface area contributed by atoms with Crippen molar-refractivity contribution in [2.24, 2.45) is 0 Å². The second-order valence-corrected chi connectivity index (χ2v) is 6.14. The van der Waals surface area contributed by atoms with E-state index in [1.54, 1.807) is 24.3 Å². The topological polar surface area (TPSA) is 114 Å². The van der Waals surface area contributed by atoms with E-state index in [-0.39, 0.29) is 11.6 Å². The number of fused-ring (bicyclic) bond motifs is 1. The number of benzene rings is 2. The molecule has 0 atom stereocenters. The van der Waals surface area contributed by atoms with Crippen LogP contribution in [0.3, 0.4) is 0 Å². The van der Waals surface area contributed by atoms with Crippen LogP contribution in [-0.4, -0.2) is 21.7 Å². The number of hydrogen-bond donors (Lipinski definition) is 2. The van der Waals surface area contributed by atoms with E-state index in [1.165, 1.54) is 25.1 Å². The highest BCUT2D eigenvalue weighted by Crippen LogP contribution is 2.29. The fourth-order valence-corrected chi connectivity index (χ4v) is 3.12. The predicted octanol–water partition coefficient (Wildman–Crippen LogP) is 3.42. The molecule has 9 heteroatoms. The molecular weight excluding hydrogens is 344 g/mol. The summed E-state index contributed by atoms with van der Waals surface area (Å²) in [6.45, 7) is 1.36. The lowest BCUT2D eigenvalue weighted by molar-refractivity contribution is -0.384. The maximum Gasteiger partial charge on any atom is 0.270 e. The van der Waals surface area contributed by atoms with Crippen molar-refractivity contribution in [3.8, 4) is 0 Å². The van der Waals surface area contributed by atoms with Gasteiger partial charge in [0.2, 0.25) is 5.91 Å². The number of carbonyl (C=O) groups is 2. The molecule has 0 saturated heterocycles. The molecule has 0 bridgehead atoms. The van der Waals surface area contributed by atoms with Crippen molar-refractivity contribution < 1.29 is 14.5 Å². The van der Waals surface area contributed by atoms with Gasteiger partial charge in [-0.3, -0.25) is 25.0 Å². The number of hydrogen-bond acceptors (Lipinski definition) is 6. The minimum absolute atomic E-state index is 0.0370. The number of nitro benzene ring substituents is 1. The standard InChI is InChI=1S/C16H12N4O4S/c1-9(21)17-12-5-3-2-4-11(12)15(22)19-16-18-13-7-6-10(20(23)24)8-14(13)25-16/h2-8H,1H3,(H,17,21)(H,18,19,22). The Morgan fingerprint density at radius 3 is 2.64 bits per heavy atom. The first-order valence-electron chi connectivity index (χ1n) is 7.17. The number of para-hydroxylation sites is 1. The van der Waals surface area contributed by atoms with Crippen LogP contribution in [0.2, 0.25) is 0 Å². The van der Waals surface area contributed by atoms with Crippen molar-refractivity contribution in [3.05, 3.63) is 58.1 Å². The Hall–Kier alpha value is -3.33. The van der Waals surface area contributed by atoms with Gasteiger partial charge in [0, 0.05) is 19.1 Å². The Kier molecular flexibility index (Phi) is 4.40. The van der Waals surface area contributed by atoms with Crippen LogP contribution in [0.4, 0.5) is 16.5 Å². The average molecular weight is 356 g/mol. The van der Waals surface area contributed by atoms with Gasteiger partial charge in [0.15, 0.2) is 5.13 Å². The Morgan fingerprint density at radius 2 is 1.92 bits per heavy atom. The average Bonchev–Trinajstić information content (AvgIpc) is 2.95. The molecule has 0 unspecified atom stereocenters. The van der Waals surface area contributed by atoms with Gasteiger partial charge in [0.25, 0.3) is 11.6 Å². The highest BCUT2D eigenvalue weighted by Gasteiger charge is 2.15. The predicted molar refractivity (Wildman–Crippen MR) is 95.0 cm³/mol. The van der Waals surface area contributed by atoms with Gasteiger partial charge in [-0.05, 0) is 18.2 Å². The molecule has 1 heterocycles. The van der Waals surface area contributed by atoms with Crippen molar-refractivity contribution in [2.75, 3.05) is 10.6 Å². The molecule has 3 aromatic rings. The summed E-state index contributed by atoms with van der Waals surface area (Å²) in [6.07, 6.45) is 0. The van der Waals surface area contributed by atoms with Crippen molar-refractivity contribution in [3.63, 3.8) is 0 Å². The summed E-state index contributed by atoms with van der Waals surface area (Å²) in [4.78, 5) is 38.3. The SMILES string of the molecule is CC(=O)Nc1ccccc1C(=O)Nc1nc2ccc([N+](=O)[O-])cc2s1. The molecule has 0 fully saturated rings. The van der Waals surface area contributed by atoms with E-state index in [2.05, 4.69) is 15.6 Å². The van der Waals surface area contributed by atoms with Crippen LogP contribution in [0, 0.1) is 10.1 Å². The zero-order chi connectivity index (χ0) is 18.0. The smallest absolute Gasteiger partial charge is 0.270 e. The van der Waals surface area contributed by atoms with E-state index in [0.29, 0.717) is 26.6 Å². The summed E-state index contributed by atoms with van der Waals surface area (Å²) in [5, 5.41) is 16.4. The van der Waals surface area contributed by atoms with Crippen LogP contribution in [0.25, 0.3) is 10.2 Å². The van der Waals surface area contributed by atoms with Crippen molar-refractivity contribution >= 4 is 49.9 Å². The second-order valence-electron chi connectivity index (χ2n) is 5.11. The molecule has 126 valence electrons. The Labute approximate surface area is 145 Å². The molecule has 0 aliphatic carbocycles. The molecular formula is C16H12N4O4S. The Bertz CT molecular complexity index is 999. The third kappa shape index (κ3) is 3.61.